The van der Waals surface area contributed by atoms with E-state index in [9.17, 15) is 0 Å². The van der Waals surface area contributed by atoms with Crippen molar-refractivity contribution < 1.29 is 4.42 Å². The van der Waals surface area contributed by atoms with Gasteiger partial charge in [-0.3, -0.25) is 0 Å². The first-order chi connectivity index (χ1) is 10.2. The zero-order valence-corrected chi connectivity index (χ0v) is 11.7. The third kappa shape index (κ3) is 2.86. The molecular formula is C16H16N4O. The van der Waals surface area contributed by atoms with Crippen molar-refractivity contribution >= 4 is 11.4 Å². The Morgan fingerprint density at radius 2 is 2.05 bits per heavy atom. The van der Waals surface area contributed by atoms with Crippen molar-refractivity contribution in [1.29, 1.82) is 0 Å². The number of aryl methyl sites for hydroxylation is 1. The summed E-state index contributed by atoms with van der Waals surface area (Å²) in [4.78, 5) is 0. The molecule has 3 N–H and O–H groups in total. The molecule has 0 spiro atoms. The molecule has 3 aromatic rings. The van der Waals surface area contributed by atoms with Crippen molar-refractivity contribution in [3.8, 4) is 11.5 Å². The van der Waals surface area contributed by atoms with Crippen molar-refractivity contribution in [3.63, 3.8) is 0 Å². The van der Waals surface area contributed by atoms with Gasteiger partial charge in [-0.1, -0.05) is 24.3 Å². The molecule has 1 aromatic heterocycles. The first kappa shape index (κ1) is 13.2. The smallest absolute Gasteiger partial charge is 0.247 e. The van der Waals surface area contributed by atoms with Crippen LogP contribution in [0.15, 0.2) is 53.3 Å². The number of benzene rings is 2. The summed E-state index contributed by atoms with van der Waals surface area (Å²) in [6.45, 7) is 2.72. The number of nitrogens with two attached hydrogens (primary N) is 1. The van der Waals surface area contributed by atoms with Crippen molar-refractivity contribution in [2.75, 3.05) is 11.1 Å². The normalized spacial score (nSPS) is 10.5. The second kappa shape index (κ2) is 5.66. The Kier molecular flexibility index (Phi) is 3.55. The minimum Gasteiger partial charge on any atom is -0.423 e. The fourth-order valence-corrected chi connectivity index (χ4v) is 2.13. The maximum atomic E-state index is 5.96. The van der Waals surface area contributed by atoms with Crippen LogP contribution in [0.5, 0.6) is 0 Å². The van der Waals surface area contributed by atoms with E-state index < -0.39 is 0 Å². The van der Waals surface area contributed by atoms with Crippen LogP contribution in [0.1, 0.15) is 11.1 Å². The molecule has 0 aliphatic heterocycles. The number of aromatic nitrogens is 2. The van der Waals surface area contributed by atoms with E-state index in [1.54, 1.807) is 0 Å². The van der Waals surface area contributed by atoms with Crippen LogP contribution in [0.2, 0.25) is 0 Å². The molecule has 106 valence electrons. The van der Waals surface area contributed by atoms with E-state index in [-0.39, 0.29) is 0 Å². The third-order valence-corrected chi connectivity index (χ3v) is 3.37. The van der Waals surface area contributed by atoms with Crippen LogP contribution in [-0.2, 0) is 6.54 Å². The standard InChI is InChI=1S/C16H16N4O/c1-11-6-7-12(16-20-19-10-21-16)8-15(11)18-9-13-4-2-3-5-14(13)17/h2-8,10,18H,9,17H2,1H3. The molecule has 0 aliphatic rings. The summed E-state index contributed by atoms with van der Waals surface area (Å²) in [6, 6.07) is 13.8. The second-order valence-electron chi connectivity index (χ2n) is 4.83. The van der Waals surface area contributed by atoms with Gasteiger partial charge in [-0.2, -0.15) is 0 Å². The number of para-hydroxylation sites is 1. The highest BCUT2D eigenvalue weighted by Gasteiger charge is 2.07. The topological polar surface area (TPSA) is 77.0 Å². The van der Waals surface area contributed by atoms with Gasteiger partial charge >= 0.3 is 0 Å². The minimum atomic E-state index is 0.511. The lowest BCUT2D eigenvalue weighted by molar-refractivity contribution is 0.568. The van der Waals surface area contributed by atoms with E-state index in [4.69, 9.17) is 10.2 Å². The fourth-order valence-electron chi connectivity index (χ4n) is 2.13. The predicted octanol–water partition coefficient (Wildman–Crippen LogP) is 3.24. The van der Waals surface area contributed by atoms with Gasteiger partial charge in [0.25, 0.3) is 0 Å². The van der Waals surface area contributed by atoms with E-state index in [1.807, 2.05) is 49.4 Å². The van der Waals surface area contributed by atoms with Crippen LogP contribution in [0.25, 0.3) is 11.5 Å². The van der Waals surface area contributed by atoms with Crippen LogP contribution in [0.3, 0.4) is 0 Å². The summed E-state index contributed by atoms with van der Waals surface area (Å²) in [5.74, 6) is 0.511. The largest absolute Gasteiger partial charge is 0.423 e. The van der Waals surface area contributed by atoms with Gasteiger partial charge in [-0.15, -0.1) is 10.2 Å². The van der Waals surface area contributed by atoms with Gasteiger partial charge in [0, 0.05) is 23.5 Å². The number of hydrogen-bond acceptors (Lipinski definition) is 5. The van der Waals surface area contributed by atoms with Crippen LogP contribution in [-0.4, -0.2) is 10.2 Å². The maximum absolute atomic E-state index is 5.96. The first-order valence-electron chi connectivity index (χ1n) is 6.68. The van der Waals surface area contributed by atoms with Crippen molar-refractivity contribution in [3.05, 3.63) is 60.0 Å². The van der Waals surface area contributed by atoms with E-state index in [1.165, 1.54) is 6.39 Å². The third-order valence-electron chi connectivity index (χ3n) is 3.37. The van der Waals surface area contributed by atoms with Gasteiger partial charge < -0.3 is 15.5 Å². The van der Waals surface area contributed by atoms with Crippen LogP contribution < -0.4 is 11.1 Å². The van der Waals surface area contributed by atoms with E-state index in [2.05, 4.69) is 15.5 Å². The Hall–Kier alpha value is -2.82. The highest BCUT2D eigenvalue weighted by Crippen LogP contribution is 2.24. The monoisotopic (exact) mass is 280 g/mol. The van der Waals surface area contributed by atoms with Crippen LogP contribution >= 0.6 is 0 Å². The highest BCUT2D eigenvalue weighted by atomic mass is 16.4. The quantitative estimate of drug-likeness (QED) is 0.717. The zero-order chi connectivity index (χ0) is 14.7. The molecule has 0 saturated carbocycles. The predicted molar refractivity (Wildman–Crippen MR) is 82.7 cm³/mol. The lowest BCUT2D eigenvalue weighted by Gasteiger charge is -2.12. The van der Waals surface area contributed by atoms with Gasteiger partial charge in [0.05, 0.1) is 0 Å². The van der Waals surface area contributed by atoms with Crippen molar-refractivity contribution in [2.45, 2.75) is 13.5 Å². The van der Waals surface area contributed by atoms with Gasteiger partial charge in [-0.05, 0) is 36.2 Å². The Bertz CT molecular complexity index is 738. The van der Waals surface area contributed by atoms with Gasteiger partial charge in [-0.25, -0.2) is 0 Å². The van der Waals surface area contributed by atoms with E-state index in [0.717, 1.165) is 28.1 Å². The number of nitrogen functional groups attached to an aromatic ring is 1. The average Bonchev–Trinajstić information content (AvgIpc) is 3.02. The Morgan fingerprint density at radius 1 is 1.19 bits per heavy atom. The molecule has 0 bridgehead atoms. The Labute approximate surface area is 122 Å². The molecule has 5 nitrogen and oxygen atoms in total. The number of nitrogens with zero attached hydrogens (tertiary/aromatic N) is 2. The fraction of sp³-hybridized carbons (Fsp3) is 0.125. The zero-order valence-electron chi connectivity index (χ0n) is 11.7. The molecule has 0 aliphatic carbocycles. The van der Waals surface area contributed by atoms with Crippen LogP contribution in [0, 0.1) is 6.92 Å². The molecule has 5 heteroatoms. The van der Waals surface area contributed by atoms with Gasteiger partial charge in [0.2, 0.25) is 12.3 Å². The first-order valence-corrected chi connectivity index (χ1v) is 6.68. The summed E-state index contributed by atoms with van der Waals surface area (Å²) in [5, 5.41) is 11.0. The molecule has 0 amide bonds. The molecular weight excluding hydrogens is 264 g/mol. The molecule has 0 atom stereocenters. The van der Waals surface area contributed by atoms with E-state index >= 15 is 0 Å². The molecule has 1 heterocycles. The minimum absolute atomic E-state index is 0.511. The van der Waals surface area contributed by atoms with E-state index in [0.29, 0.717) is 12.4 Å². The molecule has 0 radical (unpaired) electrons. The summed E-state index contributed by atoms with van der Waals surface area (Å²) in [5.41, 5.74) is 10.9. The SMILES string of the molecule is Cc1ccc(-c2nnco2)cc1NCc1ccccc1N. The van der Waals surface area contributed by atoms with Crippen molar-refractivity contribution in [1.82, 2.24) is 10.2 Å². The highest BCUT2D eigenvalue weighted by molar-refractivity contribution is 5.64. The Morgan fingerprint density at radius 3 is 2.81 bits per heavy atom. The van der Waals surface area contributed by atoms with Gasteiger partial charge in [0.15, 0.2) is 0 Å². The summed E-state index contributed by atoms with van der Waals surface area (Å²) in [6.07, 6.45) is 1.33. The van der Waals surface area contributed by atoms with Crippen molar-refractivity contribution in [2.24, 2.45) is 0 Å². The summed E-state index contributed by atoms with van der Waals surface area (Å²) < 4.78 is 5.23. The molecule has 21 heavy (non-hydrogen) atoms. The second-order valence-corrected chi connectivity index (χ2v) is 4.83. The molecule has 2 aromatic carbocycles. The average molecular weight is 280 g/mol. The summed E-state index contributed by atoms with van der Waals surface area (Å²) in [7, 11) is 0. The molecule has 3 rings (SSSR count). The van der Waals surface area contributed by atoms with Gasteiger partial charge in [0.1, 0.15) is 0 Å². The molecule has 0 saturated heterocycles. The number of anilines is 2. The number of rotatable bonds is 4. The molecule has 0 fully saturated rings. The summed E-state index contributed by atoms with van der Waals surface area (Å²) >= 11 is 0. The molecule has 0 unspecified atom stereocenters. The Balaban J connectivity index is 1.82. The van der Waals surface area contributed by atoms with Crippen LogP contribution in [0.4, 0.5) is 11.4 Å². The number of hydrogen-bond donors (Lipinski definition) is 2. The lowest BCUT2D eigenvalue weighted by Crippen LogP contribution is -2.04. The number of nitrogens with one attached hydrogen (secondary N) is 1. The lowest BCUT2D eigenvalue weighted by atomic mass is 10.1. The maximum Gasteiger partial charge on any atom is 0.247 e.